The quantitative estimate of drug-likeness (QED) is 0.835. The molecule has 1 heterocycles. The maximum absolute atomic E-state index is 10.4. The summed E-state index contributed by atoms with van der Waals surface area (Å²) in [4.78, 5) is 4.11. The average Bonchev–Trinajstić information content (AvgIpc) is 2.46. The van der Waals surface area contributed by atoms with Gasteiger partial charge < -0.3 is 5.11 Å². The van der Waals surface area contributed by atoms with Gasteiger partial charge in [0.05, 0.1) is 0 Å². The molecule has 0 fully saturated rings. The highest BCUT2D eigenvalue weighted by atomic mass is 16.3. The molecule has 1 aromatic carbocycles. The number of pyridine rings is 1. The molecule has 110 valence electrons. The number of benzene rings is 1. The molecule has 1 aromatic heterocycles. The average molecular weight is 281 g/mol. The third-order valence-corrected chi connectivity index (χ3v) is 3.59. The van der Waals surface area contributed by atoms with Crippen LogP contribution in [0.25, 0.3) is 12.2 Å². The first-order chi connectivity index (χ1) is 9.99. The first kappa shape index (κ1) is 15.3. The molecule has 2 nitrogen and oxygen atoms in total. The molecule has 0 aliphatic heterocycles. The Hall–Kier alpha value is -2.09. The van der Waals surface area contributed by atoms with Crippen molar-refractivity contribution in [2.45, 2.75) is 39.5 Å². The Bertz CT molecular complexity index is 598. The second-order valence-electron chi connectivity index (χ2n) is 5.98. The van der Waals surface area contributed by atoms with Crippen LogP contribution in [-0.2, 0) is 0 Å². The summed E-state index contributed by atoms with van der Waals surface area (Å²) in [6.45, 7) is 8.42. The van der Waals surface area contributed by atoms with Crippen LogP contribution in [0.1, 0.15) is 61.8 Å². The summed E-state index contributed by atoms with van der Waals surface area (Å²) < 4.78 is 0. The molecule has 0 saturated carbocycles. The van der Waals surface area contributed by atoms with E-state index in [1.54, 1.807) is 6.20 Å². The fourth-order valence-corrected chi connectivity index (χ4v) is 2.35. The standard InChI is InChI=1S/C19H23NO/c1-13(2)17-10-16(11-18(14(3)4)19(17)21)8-7-15-6-5-9-20-12-15/h5-14,21H,1-4H3/b8-7+. The molecule has 0 atom stereocenters. The summed E-state index contributed by atoms with van der Waals surface area (Å²) in [5.41, 5.74) is 4.20. The fourth-order valence-electron chi connectivity index (χ4n) is 2.35. The topological polar surface area (TPSA) is 33.1 Å². The molecule has 2 heteroatoms. The first-order valence-corrected chi connectivity index (χ1v) is 7.44. The van der Waals surface area contributed by atoms with Crippen LogP contribution in [0.5, 0.6) is 5.75 Å². The normalized spacial score (nSPS) is 11.7. The Balaban J connectivity index is 2.42. The molecule has 0 aliphatic rings. The maximum atomic E-state index is 10.4. The lowest BCUT2D eigenvalue weighted by atomic mass is 9.91. The second-order valence-corrected chi connectivity index (χ2v) is 5.98. The van der Waals surface area contributed by atoms with Crippen molar-refractivity contribution in [3.8, 4) is 5.75 Å². The highest BCUT2D eigenvalue weighted by Crippen LogP contribution is 2.35. The maximum Gasteiger partial charge on any atom is 0.122 e. The number of aromatic nitrogens is 1. The zero-order valence-corrected chi connectivity index (χ0v) is 13.2. The molecule has 21 heavy (non-hydrogen) atoms. The Morgan fingerprint density at radius 1 is 0.952 bits per heavy atom. The van der Waals surface area contributed by atoms with Crippen LogP contribution in [0.2, 0.25) is 0 Å². The van der Waals surface area contributed by atoms with Crippen molar-refractivity contribution in [1.82, 2.24) is 4.98 Å². The number of hydrogen-bond donors (Lipinski definition) is 1. The SMILES string of the molecule is CC(C)c1cc(/C=C/c2cccnc2)cc(C(C)C)c1O. The summed E-state index contributed by atoms with van der Waals surface area (Å²) in [7, 11) is 0. The van der Waals surface area contributed by atoms with E-state index in [0.29, 0.717) is 17.6 Å². The smallest absolute Gasteiger partial charge is 0.122 e. The van der Waals surface area contributed by atoms with E-state index in [4.69, 9.17) is 0 Å². The second kappa shape index (κ2) is 6.57. The molecule has 0 radical (unpaired) electrons. The van der Waals surface area contributed by atoms with Crippen molar-refractivity contribution >= 4 is 12.2 Å². The van der Waals surface area contributed by atoms with Gasteiger partial charge in [-0.1, -0.05) is 45.9 Å². The lowest BCUT2D eigenvalue weighted by molar-refractivity contribution is 0.454. The van der Waals surface area contributed by atoms with Gasteiger partial charge in [-0.3, -0.25) is 4.98 Å². The van der Waals surface area contributed by atoms with Crippen molar-refractivity contribution in [2.24, 2.45) is 0 Å². The van der Waals surface area contributed by atoms with Crippen molar-refractivity contribution in [2.75, 3.05) is 0 Å². The van der Waals surface area contributed by atoms with Gasteiger partial charge in [-0.2, -0.15) is 0 Å². The largest absolute Gasteiger partial charge is 0.507 e. The van der Waals surface area contributed by atoms with E-state index in [0.717, 1.165) is 22.3 Å². The third kappa shape index (κ3) is 3.72. The minimum absolute atomic E-state index is 0.300. The van der Waals surface area contributed by atoms with Gasteiger partial charge in [-0.05, 0) is 52.3 Å². The Labute approximate surface area is 127 Å². The highest BCUT2D eigenvalue weighted by molar-refractivity contribution is 5.71. The van der Waals surface area contributed by atoms with Crippen LogP contribution < -0.4 is 0 Å². The number of hydrogen-bond acceptors (Lipinski definition) is 2. The van der Waals surface area contributed by atoms with Gasteiger partial charge in [0.15, 0.2) is 0 Å². The molecule has 2 rings (SSSR count). The molecule has 0 aliphatic carbocycles. The minimum Gasteiger partial charge on any atom is -0.507 e. The van der Waals surface area contributed by atoms with Gasteiger partial charge in [0, 0.05) is 12.4 Å². The Morgan fingerprint density at radius 3 is 2.00 bits per heavy atom. The number of aromatic hydroxyl groups is 1. The molecule has 0 saturated heterocycles. The summed E-state index contributed by atoms with van der Waals surface area (Å²) in [5.74, 6) is 1.04. The minimum atomic E-state index is 0.300. The van der Waals surface area contributed by atoms with Crippen LogP contribution in [0.3, 0.4) is 0 Å². The fraction of sp³-hybridized carbons (Fsp3) is 0.316. The predicted octanol–water partition coefficient (Wildman–Crippen LogP) is 5.20. The third-order valence-electron chi connectivity index (χ3n) is 3.59. The van der Waals surface area contributed by atoms with Crippen molar-refractivity contribution in [3.63, 3.8) is 0 Å². The Kier molecular flexibility index (Phi) is 4.79. The van der Waals surface area contributed by atoms with E-state index in [-0.39, 0.29) is 0 Å². The predicted molar refractivity (Wildman–Crippen MR) is 89.4 cm³/mol. The van der Waals surface area contributed by atoms with E-state index >= 15 is 0 Å². The van der Waals surface area contributed by atoms with Crippen LogP contribution in [-0.4, -0.2) is 10.1 Å². The van der Waals surface area contributed by atoms with Gasteiger partial charge in [-0.25, -0.2) is 0 Å². The molecular formula is C19H23NO. The van der Waals surface area contributed by atoms with E-state index in [1.165, 1.54) is 0 Å². The first-order valence-electron chi connectivity index (χ1n) is 7.44. The lowest BCUT2D eigenvalue weighted by Crippen LogP contribution is -1.96. The van der Waals surface area contributed by atoms with E-state index in [9.17, 15) is 5.11 Å². The van der Waals surface area contributed by atoms with Crippen LogP contribution in [0.4, 0.5) is 0 Å². The van der Waals surface area contributed by atoms with Crippen molar-refractivity contribution in [3.05, 3.63) is 58.9 Å². The van der Waals surface area contributed by atoms with Crippen LogP contribution in [0.15, 0.2) is 36.7 Å². The number of phenols is 1. The van der Waals surface area contributed by atoms with Crippen molar-refractivity contribution in [1.29, 1.82) is 0 Å². The molecule has 0 bridgehead atoms. The van der Waals surface area contributed by atoms with E-state index in [1.807, 2.05) is 24.4 Å². The zero-order chi connectivity index (χ0) is 15.4. The summed E-state index contributed by atoms with van der Waals surface area (Å²) >= 11 is 0. The Morgan fingerprint density at radius 2 is 1.52 bits per heavy atom. The molecule has 0 spiro atoms. The van der Waals surface area contributed by atoms with E-state index in [2.05, 4.69) is 50.9 Å². The number of rotatable bonds is 4. The molecule has 2 aromatic rings. The molecule has 0 amide bonds. The van der Waals surface area contributed by atoms with Gasteiger partial charge >= 0.3 is 0 Å². The van der Waals surface area contributed by atoms with E-state index < -0.39 is 0 Å². The summed E-state index contributed by atoms with van der Waals surface area (Å²) in [5, 5.41) is 10.4. The van der Waals surface area contributed by atoms with Crippen LogP contribution in [0, 0.1) is 0 Å². The van der Waals surface area contributed by atoms with Gasteiger partial charge in [-0.15, -0.1) is 0 Å². The van der Waals surface area contributed by atoms with Gasteiger partial charge in [0.25, 0.3) is 0 Å². The molecule has 1 N–H and O–H groups in total. The lowest BCUT2D eigenvalue weighted by Gasteiger charge is -2.16. The summed E-state index contributed by atoms with van der Waals surface area (Å²) in [6.07, 6.45) is 7.73. The van der Waals surface area contributed by atoms with Gasteiger partial charge in [0.1, 0.15) is 5.75 Å². The number of nitrogens with zero attached hydrogens (tertiary/aromatic N) is 1. The van der Waals surface area contributed by atoms with Gasteiger partial charge in [0.2, 0.25) is 0 Å². The monoisotopic (exact) mass is 281 g/mol. The highest BCUT2D eigenvalue weighted by Gasteiger charge is 2.14. The van der Waals surface area contributed by atoms with Crippen molar-refractivity contribution < 1.29 is 5.11 Å². The zero-order valence-electron chi connectivity index (χ0n) is 13.2. The summed E-state index contributed by atoms with van der Waals surface area (Å²) in [6, 6.07) is 8.09. The number of phenolic OH excluding ortho intramolecular Hbond substituents is 1. The molecule has 0 unspecified atom stereocenters. The van der Waals surface area contributed by atoms with Crippen LogP contribution >= 0.6 is 0 Å². The molecular weight excluding hydrogens is 258 g/mol.